The highest BCUT2D eigenvalue weighted by Gasteiger charge is 1.88. The third-order valence-corrected chi connectivity index (χ3v) is 1.56. The van der Waals surface area contributed by atoms with Gasteiger partial charge in [0.05, 0.1) is 0 Å². The minimum absolute atomic E-state index is 0.840. The molecule has 0 aromatic rings. The second-order valence-corrected chi connectivity index (χ2v) is 2.91. The van der Waals surface area contributed by atoms with E-state index in [-0.39, 0.29) is 0 Å². The average molecular weight is 141 g/mol. The van der Waals surface area contributed by atoms with Crippen molar-refractivity contribution in [1.29, 1.82) is 0 Å². The second-order valence-electron chi connectivity index (χ2n) is 2.91. The molecule has 60 valence electrons. The second kappa shape index (κ2) is 6.81. The van der Waals surface area contributed by atoms with E-state index in [2.05, 4.69) is 13.5 Å². The number of hydrogen-bond acceptors (Lipinski definition) is 1. The fourth-order valence-electron chi connectivity index (χ4n) is 0.925. The first-order chi connectivity index (χ1) is 4.77. The summed E-state index contributed by atoms with van der Waals surface area (Å²) in [4.78, 5) is 0. The van der Waals surface area contributed by atoms with Crippen LogP contribution in [0.1, 0.15) is 39.0 Å². The zero-order valence-electron chi connectivity index (χ0n) is 7.03. The molecule has 0 aliphatic heterocycles. The van der Waals surface area contributed by atoms with E-state index in [1.54, 1.807) is 0 Å². The molecule has 0 amide bonds. The lowest BCUT2D eigenvalue weighted by atomic mass is 10.1. The highest BCUT2D eigenvalue weighted by atomic mass is 14.5. The van der Waals surface area contributed by atoms with Crippen molar-refractivity contribution in [2.45, 2.75) is 39.0 Å². The fourth-order valence-corrected chi connectivity index (χ4v) is 0.925. The standard InChI is InChI=1S/C9H19N/c1-9(2)7-5-3-4-6-8-10/h1,3-8,10H2,2H3. The van der Waals surface area contributed by atoms with Crippen molar-refractivity contribution < 1.29 is 0 Å². The Morgan fingerprint density at radius 2 is 1.80 bits per heavy atom. The number of nitrogens with two attached hydrogens (primary N) is 1. The molecule has 0 heterocycles. The lowest BCUT2D eigenvalue weighted by molar-refractivity contribution is 0.645. The normalized spacial score (nSPS) is 9.80. The first kappa shape index (κ1) is 9.70. The van der Waals surface area contributed by atoms with E-state index in [9.17, 15) is 0 Å². The maximum atomic E-state index is 5.35. The molecule has 0 rings (SSSR count). The van der Waals surface area contributed by atoms with Crippen LogP contribution in [0, 0.1) is 0 Å². The van der Waals surface area contributed by atoms with Crippen molar-refractivity contribution in [3.05, 3.63) is 12.2 Å². The zero-order chi connectivity index (χ0) is 7.82. The van der Waals surface area contributed by atoms with Gasteiger partial charge in [0.2, 0.25) is 0 Å². The molecular formula is C9H19N. The van der Waals surface area contributed by atoms with Gasteiger partial charge in [-0.25, -0.2) is 0 Å². The third-order valence-electron chi connectivity index (χ3n) is 1.56. The Bertz CT molecular complexity index is 86.7. The van der Waals surface area contributed by atoms with Crippen molar-refractivity contribution in [2.75, 3.05) is 6.54 Å². The van der Waals surface area contributed by atoms with Crippen LogP contribution in [-0.4, -0.2) is 6.54 Å². The smallest absolute Gasteiger partial charge is 0.00773 e. The van der Waals surface area contributed by atoms with Crippen molar-refractivity contribution in [1.82, 2.24) is 0 Å². The van der Waals surface area contributed by atoms with Gasteiger partial charge in [0.15, 0.2) is 0 Å². The predicted molar refractivity (Wildman–Crippen MR) is 47.0 cm³/mol. The molecule has 1 heteroatoms. The van der Waals surface area contributed by atoms with Gasteiger partial charge in [-0.1, -0.05) is 18.4 Å². The van der Waals surface area contributed by atoms with Gasteiger partial charge in [0, 0.05) is 0 Å². The van der Waals surface area contributed by atoms with Gasteiger partial charge >= 0.3 is 0 Å². The average Bonchev–Trinajstić information content (AvgIpc) is 1.87. The molecule has 2 N–H and O–H groups in total. The monoisotopic (exact) mass is 141 g/mol. The Labute approximate surface area is 64.3 Å². The Hall–Kier alpha value is -0.300. The Morgan fingerprint density at radius 1 is 1.20 bits per heavy atom. The summed E-state index contributed by atoms with van der Waals surface area (Å²) >= 11 is 0. The first-order valence-corrected chi connectivity index (χ1v) is 4.12. The zero-order valence-corrected chi connectivity index (χ0v) is 7.03. The van der Waals surface area contributed by atoms with Crippen LogP contribution in [-0.2, 0) is 0 Å². The van der Waals surface area contributed by atoms with E-state index in [0.29, 0.717) is 0 Å². The summed E-state index contributed by atoms with van der Waals surface area (Å²) in [6.07, 6.45) is 6.24. The van der Waals surface area contributed by atoms with Crippen molar-refractivity contribution >= 4 is 0 Å². The third kappa shape index (κ3) is 7.70. The highest BCUT2D eigenvalue weighted by Crippen LogP contribution is 2.06. The van der Waals surface area contributed by atoms with E-state index in [1.807, 2.05) is 0 Å². The maximum absolute atomic E-state index is 5.35. The summed E-state index contributed by atoms with van der Waals surface area (Å²) in [5.74, 6) is 0. The topological polar surface area (TPSA) is 26.0 Å². The summed E-state index contributed by atoms with van der Waals surface area (Å²) < 4.78 is 0. The van der Waals surface area contributed by atoms with E-state index in [4.69, 9.17) is 5.73 Å². The number of hydrogen-bond donors (Lipinski definition) is 1. The molecule has 0 fully saturated rings. The predicted octanol–water partition coefficient (Wildman–Crippen LogP) is 2.47. The van der Waals surface area contributed by atoms with Gasteiger partial charge in [-0.05, 0) is 32.7 Å². The minimum atomic E-state index is 0.840. The largest absolute Gasteiger partial charge is 0.330 e. The van der Waals surface area contributed by atoms with Crippen molar-refractivity contribution in [3.8, 4) is 0 Å². The van der Waals surface area contributed by atoms with Crippen LogP contribution < -0.4 is 5.73 Å². The molecule has 0 aromatic heterocycles. The maximum Gasteiger partial charge on any atom is -0.00773 e. The molecule has 1 nitrogen and oxygen atoms in total. The van der Waals surface area contributed by atoms with E-state index in [0.717, 1.165) is 6.54 Å². The van der Waals surface area contributed by atoms with Gasteiger partial charge < -0.3 is 5.73 Å². The quantitative estimate of drug-likeness (QED) is 0.446. The van der Waals surface area contributed by atoms with Crippen LogP contribution in [0.15, 0.2) is 12.2 Å². The summed E-state index contributed by atoms with van der Waals surface area (Å²) in [6.45, 7) is 6.77. The van der Waals surface area contributed by atoms with Gasteiger partial charge in [0.25, 0.3) is 0 Å². The molecule has 0 aliphatic rings. The molecule has 0 bridgehead atoms. The molecule has 0 aromatic carbocycles. The molecule has 0 unspecified atom stereocenters. The van der Waals surface area contributed by atoms with Gasteiger partial charge in [-0.3, -0.25) is 0 Å². The van der Waals surface area contributed by atoms with E-state index < -0.39 is 0 Å². The number of unbranched alkanes of at least 4 members (excludes halogenated alkanes) is 3. The number of allylic oxidation sites excluding steroid dienone is 1. The number of rotatable bonds is 6. The molecule has 0 saturated heterocycles. The van der Waals surface area contributed by atoms with Gasteiger partial charge in [-0.15, -0.1) is 6.58 Å². The summed E-state index contributed by atoms with van der Waals surface area (Å²) in [7, 11) is 0. The van der Waals surface area contributed by atoms with Gasteiger partial charge in [-0.2, -0.15) is 0 Å². The SMILES string of the molecule is C=C(C)CCCCCCN. The van der Waals surface area contributed by atoms with Crippen molar-refractivity contribution in [2.24, 2.45) is 5.73 Å². The summed E-state index contributed by atoms with van der Waals surface area (Å²) in [5.41, 5.74) is 6.65. The first-order valence-electron chi connectivity index (χ1n) is 4.12. The lowest BCUT2D eigenvalue weighted by Crippen LogP contribution is -1.97. The molecule has 0 atom stereocenters. The molecular weight excluding hydrogens is 122 g/mol. The van der Waals surface area contributed by atoms with Crippen LogP contribution in [0.2, 0.25) is 0 Å². The molecule has 0 saturated carbocycles. The summed E-state index contributed by atoms with van der Waals surface area (Å²) in [5, 5.41) is 0. The van der Waals surface area contributed by atoms with Crippen LogP contribution in [0.25, 0.3) is 0 Å². The molecule has 0 radical (unpaired) electrons. The Kier molecular flexibility index (Phi) is 6.61. The lowest BCUT2D eigenvalue weighted by Gasteiger charge is -1.98. The van der Waals surface area contributed by atoms with Gasteiger partial charge in [0.1, 0.15) is 0 Å². The summed E-state index contributed by atoms with van der Waals surface area (Å²) in [6, 6.07) is 0. The molecule has 0 aliphatic carbocycles. The van der Waals surface area contributed by atoms with Crippen LogP contribution in [0.3, 0.4) is 0 Å². The van der Waals surface area contributed by atoms with Crippen LogP contribution in [0.5, 0.6) is 0 Å². The van der Waals surface area contributed by atoms with Crippen LogP contribution in [0.4, 0.5) is 0 Å². The molecule has 10 heavy (non-hydrogen) atoms. The Balaban J connectivity index is 2.84. The minimum Gasteiger partial charge on any atom is -0.330 e. The fraction of sp³-hybridized carbons (Fsp3) is 0.778. The highest BCUT2D eigenvalue weighted by molar-refractivity contribution is 4.86. The Morgan fingerprint density at radius 3 is 2.30 bits per heavy atom. The molecule has 0 spiro atoms. The van der Waals surface area contributed by atoms with E-state index in [1.165, 1.54) is 37.7 Å². The van der Waals surface area contributed by atoms with E-state index >= 15 is 0 Å². The van der Waals surface area contributed by atoms with Crippen LogP contribution >= 0.6 is 0 Å². The van der Waals surface area contributed by atoms with Crippen molar-refractivity contribution in [3.63, 3.8) is 0 Å².